The van der Waals surface area contributed by atoms with Gasteiger partial charge < -0.3 is 138 Å². The van der Waals surface area contributed by atoms with Crippen LogP contribution in [0.1, 0.15) is 49.7 Å². The monoisotopic (exact) mass is 1760 g/mol. The molecular weight excluding hydrogens is 1640 g/mol. The van der Waals surface area contributed by atoms with Gasteiger partial charge in [-0.1, -0.05) is 87.4 Å². The molecule has 0 aliphatic carbocycles. The smallest absolute Gasteiger partial charge is 0.305 e. The maximum absolute atomic E-state index is 14.0. The van der Waals surface area contributed by atoms with Crippen LogP contribution in [0.4, 0.5) is 0 Å². The molecule has 2 aromatic rings. The Morgan fingerprint density at radius 1 is 0.400 bits per heavy atom. The average Bonchev–Trinajstić information content (AvgIpc) is 0.857. The largest absolute Gasteiger partial charge is 0.481 e. The fraction of sp³-hybridized carbons (Fsp3) is 0.622. The summed E-state index contributed by atoms with van der Waals surface area (Å²) in [5.41, 5.74) is 12.1. The fourth-order valence-corrected chi connectivity index (χ4v) is 11.3. The molecule has 46 heteroatoms. The van der Waals surface area contributed by atoms with E-state index in [-0.39, 0.29) is 148 Å². The molecule has 120 heavy (non-hydrogen) atoms. The van der Waals surface area contributed by atoms with Gasteiger partial charge in [0.2, 0.25) is 76.8 Å². The first-order valence-electron chi connectivity index (χ1n) is 38.6. The van der Waals surface area contributed by atoms with Crippen LogP contribution in [0.3, 0.4) is 0 Å². The molecule has 0 bridgehead atoms. The number of carboxylic acids is 1. The first kappa shape index (κ1) is 107. The van der Waals surface area contributed by atoms with Crippen molar-refractivity contribution in [2.24, 2.45) is 16.6 Å². The van der Waals surface area contributed by atoms with Crippen LogP contribution in [-0.4, -0.2) is 352 Å². The number of primary amides is 1. The van der Waals surface area contributed by atoms with E-state index in [2.05, 4.69) is 74.3 Å². The van der Waals surface area contributed by atoms with Gasteiger partial charge in [-0.3, -0.25) is 71.9 Å². The van der Waals surface area contributed by atoms with Crippen LogP contribution in [0.15, 0.2) is 65.8 Å². The number of nitrogens with two attached hydrogens (primary N) is 2. The number of hydrogen-bond donors (Lipinski definition) is 16. The van der Waals surface area contributed by atoms with Gasteiger partial charge in [-0.15, -0.1) is 0 Å². The molecule has 43 nitrogen and oxygen atoms in total. The van der Waals surface area contributed by atoms with E-state index in [0.29, 0.717) is 77.8 Å². The van der Waals surface area contributed by atoms with Crippen LogP contribution in [0.25, 0.3) is 0 Å². The third kappa shape index (κ3) is 59.3. The highest BCUT2D eigenvalue weighted by atomic mass is 33.1. The number of benzene rings is 2. The highest BCUT2D eigenvalue weighted by Gasteiger charge is 2.32. The van der Waals surface area contributed by atoms with Crippen molar-refractivity contribution >= 4 is 128 Å². The summed E-state index contributed by atoms with van der Waals surface area (Å²) in [6.45, 7) is 1.67. The van der Waals surface area contributed by atoms with Crippen molar-refractivity contribution in [2.75, 3.05) is 222 Å². The molecule has 0 saturated carbocycles. The number of amides is 14. The van der Waals surface area contributed by atoms with Gasteiger partial charge in [0.1, 0.15) is 56.6 Å². The highest BCUT2D eigenvalue weighted by Crippen LogP contribution is 2.18. The van der Waals surface area contributed by atoms with E-state index < -0.39 is 152 Å². The number of rotatable bonds is 75. The Kier molecular flexibility index (Phi) is 63.4. The van der Waals surface area contributed by atoms with Crippen molar-refractivity contribution in [3.63, 3.8) is 0 Å². The minimum Gasteiger partial charge on any atom is -0.481 e. The van der Waals surface area contributed by atoms with Gasteiger partial charge in [0.15, 0.2) is 6.61 Å². The summed E-state index contributed by atoms with van der Waals surface area (Å²) < 4.78 is 53.6. The van der Waals surface area contributed by atoms with E-state index >= 15 is 0 Å². The highest BCUT2D eigenvalue weighted by molar-refractivity contribution is 8.76. The summed E-state index contributed by atoms with van der Waals surface area (Å²) in [6, 6.07) is 10.9. The second-order valence-corrected chi connectivity index (χ2v) is 28.7. The Morgan fingerprint density at radius 3 is 1.25 bits per heavy atom. The predicted molar refractivity (Wildman–Crippen MR) is 440 cm³/mol. The molecule has 674 valence electrons. The number of carbonyl (C=O) groups excluding carboxylic acids is 14. The zero-order chi connectivity index (χ0) is 87.9. The molecule has 0 radical (unpaired) electrons. The zero-order valence-corrected chi connectivity index (χ0v) is 70.2. The molecule has 2 rings (SSSR count). The minimum absolute atomic E-state index is 0.0133. The lowest BCUT2D eigenvalue weighted by atomic mass is 10.0. The molecule has 0 heterocycles. The summed E-state index contributed by atoms with van der Waals surface area (Å²) >= 11 is 1.20. The molecule has 5 atom stereocenters. The number of oxime groups is 1. The number of hydrogen-bond acceptors (Lipinski definition) is 31. The fourth-order valence-electron chi connectivity index (χ4n) is 9.65. The zero-order valence-electron chi connectivity index (χ0n) is 67.7. The summed E-state index contributed by atoms with van der Waals surface area (Å²) in [7, 11) is 2.35. The maximum atomic E-state index is 14.0. The number of carboxylic acid groups (broad SMARTS) is 1. The first-order chi connectivity index (χ1) is 58.0. The van der Waals surface area contributed by atoms with Crippen LogP contribution in [-0.2, 0) is 131 Å². The van der Waals surface area contributed by atoms with Gasteiger partial charge >= 0.3 is 5.97 Å². The number of thioether (sulfide) groups is 1. The maximum Gasteiger partial charge on any atom is 0.305 e. The molecule has 0 unspecified atom stereocenters. The first-order valence-corrected chi connectivity index (χ1v) is 42.7. The Bertz CT molecular complexity index is 3360. The third-order valence-electron chi connectivity index (χ3n) is 15.4. The molecule has 0 saturated heterocycles. The van der Waals surface area contributed by atoms with Gasteiger partial charge in [-0.25, -0.2) is 0 Å². The number of nitrogens with one attached hydrogen (secondary N) is 13. The van der Waals surface area contributed by atoms with Gasteiger partial charge in [-0.2, -0.15) is 11.8 Å². The molecule has 2 aromatic carbocycles. The molecule has 18 N–H and O–H groups in total. The topological polar surface area (TPSA) is 599 Å². The van der Waals surface area contributed by atoms with Gasteiger partial charge in [-0.05, 0) is 62.3 Å². The van der Waals surface area contributed by atoms with E-state index in [9.17, 15) is 77.0 Å². The molecule has 0 fully saturated rings. The minimum atomic E-state index is -1.82. The van der Waals surface area contributed by atoms with Crippen molar-refractivity contribution in [3.8, 4) is 0 Å². The van der Waals surface area contributed by atoms with Crippen LogP contribution < -0.4 is 80.6 Å². The lowest BCUT2D eigenvalue weighted by Gasteiger charge is -2.25. The van der Waals surface area contributed by atoms with Crippen molar-refractivity contribution in [2.45, 2.75) is 75.2 Å². The quantitative estimate of drug-likeness (QED) is 0.0127. The summed E-state index contributed by atoms with van der Waals surface area (Å²) in [5, 5.41) is 46.4. The van der Waals surface area contributed by atoms with Crippen LogP contribution in [0, 0.1) is 0 Å². The number of aliphatic carboxylic acids is 1. The summed E-state index contributed by atoms with van der Waals surface area (Å²) in [4.78, 5) is 196. The second-order valence-electron chi connectivity index (χ2n) is 25.3. The molecule has 0 aliphatic rings. The SMILES string of the molecule is CSCC(=O)N[C@@H](CCCCNC(=O)COCC(=O)NCCOCCOCCOCCOCCOCCNC(=O)CO/N=C/c1ccccc1)C(=O)NCC(=O)N[C@@H](CCCN)C(=O)NCC(=O)N[C@@H](CC(=O)O)C(=O)N[C@@H](CSSC)C(=O)N[C@@H](Cc1ccccc1)C(=O)NCC(=O)NCCOCCOCCOCCNC(=O)COCC(N)=O. The molecule has 14 amide bonds. The predicted octanol–water partition coefficient (Wildman–Crippen LogP) is -5.96. The van der Waals surface area contributed by atoms with Crippen LogP contribution in [0.5, 0.6) is 0 Å². The summed E-state index contributed by atoms with van der Waals surface area (Å²) in [6.07, 6.45) is 4.73. The normalized spacial score (nSPS) is 12.2. The average molecular weight is 1760 g/mol. The van der Waals surface area contributed by atoms with Crippen LogP contribution in [0.2, 0.25) is 0 Å². The molecule has 0 aromatic heterocycles. The van der Waals surface area contributed by atoms with E-state index in [1.54, 1.807) is 42.8 Å². The third-order valence-corrected chi connectivity index (χ3v) is 17.8. The van der Waals surface area contributed by atoms with Crippen molar-refractivity contribution < 1.29 is 129 Å². The molecule has 0 spiro atoms. The van der Waals surface area contributed by atoms with Crippen LogP contribution >= 0.6 is 33.3 Å². The van der Waals surface area contributed by atoms with Crippen molar-refractivity contribution in [1.82, 2.24) is 69.1 Å². The molecule has 0 aliphatic heterocycles. The lowest BCUT2D eigenvalue weighted by molar-refractivity contribution is -0.141. The van der Waals surface area contributed by atoms with Gasteiger partial charge in [0.05, 0.1) is 144 Å². The van der Waals surface area contributed by atoms with Gasteiger partial charge in [0, 0.05) is 44.9 Å². The standard InChI is InChI=1S/C74H118N16O27S3/c1-118-52-68(99)87-55(16-9-10-19-77-64(95)48-116-49-66(97)80-22-26-109-30-34-112-36-38-114-39-37-113-35-31-110-27-23-81-67(98)50-117-85-42-54-14-7-4-8-15-54)70(102)83-44-62(93)86-56(17-11-18-75)71(103)84-45-63(94)88-58(41-69(100)101)73(105)90-59(51-120-119-2)74(106)89-57(40-53-12-5-3-6-13-53)72(104)82-43-61(92)78-20-24-107-28-32-111-33-29-108-25-21-79-65(96)47-115-46-60(76)91/h3-8,12-15,42,55-59H,9-11,16-41,43-52,75H2,1-2H3,(H2,76,91)(H,77,95)(H,78,92)(H,79,96)(H,80,97)(H,81,98)(H,82,104)(H,83,102)(H,84,103)(H,86,93)(H,87,99)(H,88,94)(H,89,106)(H,90,105)(H,100,101)/b85-42+/t55-,56-,57-,58-,59-/m0/s1. The Labute approximate surface area is 708 Å². The van der Waals surface area contributed by atoms with E-state index in [4.69, 9.17) is 63.7 Å². The van der Waals surface area contributed by atoms with E-state index in [1.165, 1.54) is 28.8 Å². The lowest BCUT2D eigenvalue weighted by Crippen LogP contribution is -2.59. The van der Waals surface area contributed by atoms with E-state index in [0.717, 1.165) is 16.4 Å². The molecular formula is C74H118N16O27S3. The van der Waals surface area contributed by atoms with Gasteiger partial charge in [0.25, 0.3) is 5.91 Å². The summed E-state index contributed by atoms with van der Waals surface area (Å²) in [5.74, 6) is -11.4. The Balaban J connectivity index is 1.74. The van der Waals surface area contributed by atoms with Crippen molar-refractivity contribution in [3.05, 3.63) is 71.8 Å². The number of carbonyl (C=O) groups is 15. The number of unbranched alkanes of at least 4 members (excludes halogenated alkanes) is 1. The Morgan fingerprint density at radius 2 is 0.792 bits per heavy atom. The number of nitrogens with zero attached hydrogens (tertiary/aromatic N) is 1. The second kappa shape index (κ2) is 71.3. The number of ether oxygens (including phenoxy) is 10. The Hall–Kier alpha value is -9.43. The van der Waals surface area contributed by atoms with E-state index in [1.807, 2.05) is 30.3 Å². The van der Waals surface area contributed by atoms with Crippen molar-refractivity contribution in [1.29, 1.82) is 0 Å².